The highest BCUT2D eigenvalue weighted by atomic mass is 19.1. The van der Waals surface area contributed by atoms with Gasteiger partial charge in [0.05, 0.1) is 6.61 Å². The van der Waals surface area contributed by atoms with Gasteiger partial charge in [0.25, 0.3) is 5.91 Å². The molecule has 2 N–H and O–H groups in total. The zero-order valence-electron chi connectivity index (χ0n) is 16.1. The molecule has 1 amide bonds. The number of aliphatic hydroxyl groups is 1. The van der Waals surface area contributed by atoms with Crippen molar-refractivity contribution in [2.24, 2.45) is 11.3 Å². The van der Waals surface area contributed by atoms with Gasteiger partial charge in [0.2, 0.25) is 0 Å². The molecule has 2 aliphatic heterocycles. The van der Waals surface area contributed by atoms with E-state index < -0.39 is 0 Å². The van der Waals surface area contributed by atoms with Crippen LogP contribution in [0.3, 0.4) is 0 Å². The standard InChI is InChI=1S/C24H23FN2O2/c25-22-4-2-1-3-21(22)18-7-5-17-10-19(8-6-16(17)9-18)23(29)27-12-20-11-26-13-24(20,14-27)15-28/h1-10,20,26,28H,11-15H2/t20-,24+/m0/s1. The Kier molecular flexibility index (Phi) is 4.37. The molecule has 5 rings (SSSR count). The highest BCUT2D eigenvalue weighted by Crippen LogP contribution is 2.39. The summed E-state index contributed by atoms with van der Waals surface area (Å²) in [4.78, 5) is 15.0. The molecular weight excluding hydrogens is 367 g/mol. The lowest BCUT2D eigenvalue weighted by atomic mass is 9.82. The minimum Gasteiger partial charge on any atom is -0.396 e. The molecule has 0 saturated carbocycles. The number of aliphatic hydroxyl groups excluding tert-OH is 1. The summed E-state index contributed by atoms with van der Waals surface area (Å²) in [6.45, 7) is 2.97. The Morgan fingerprint density at radius 3 is 2.72 bits per heavy atom. The van der Waals surface area contributed by atoms with Gasteiger partial charge in [-0.25, -0.2) is 4.39 Å². The molecule has 4 nitrogen and oxygen atoms in total. The van der Waals surface area contributed by atoms with E-state index in [-0.39, 0.29) is 23.7 Å². The molecule has 0 aliphatic carbocycles. The average molecular weight is 390 g/mol. The van der Waals surface area contributed by atoms with Crippen LogP contribution in [0.2, 0.25) is 0 Å². The summed E-state index contributed by atoms with van der Waals surface area (Å²) in [6, 6.07) is 18.2. The summed E-state index contributed by atoms with van der Waals surface area (Å²) in [6.07, 6.45) is 0. The van der Waals surface area contributed by atoms with E-state index in [1.54, 1.807) is 12.1 Å². The largest absolute Gasteiger partial charge is 0.396 e. The maximum absolute atomic E-state index is 14.1. The fourth-order valence-electron chi connectivity index (χ4n) is 4.82. The van der Waals surface area contributed by atoms with Crippen LogP contribution in [-0.4, -0.2) is 48.7 Å². The summed E-state index contributed by atoms with van der Waals surface area (Å²) in [7, 11) is 0. The number of nitrogens with zero attached hydrogens (tertiary/aromatic N) is 1. The number of likely N-dealkylation sites (tertiary alicyclic amines) is 1. The molecule has 2 heterocycles. The molecule has 0 aromatic heterocycles. The first-order chi connectivity index (χ1) is 14.1. The molecule has 2 saturated heterocycles. The Labute approximate surface area is 169 Å². The monoisotopic (exact) mass is 390 g/mol. The molecule has 5 heteroatoms. The Balaban J connectivity index is 1.43. The second kappa shape index (κ2) is 6.94. The van der Waals surface area contributed by atoms with Gasteiger partial charge in [-0.05, 0) is 46.5 Å². The van der Waals surface area contributed by atoms with Crippen LogP contribution in [0.1, 0.15) is 10.4 Å². The van der Waals surface area contributed by atoms with Crippen molar-refractivity contribution < 1.29 is 14.3 Å². The summed E-state index contributed by atoms with van der Waals surface area (Å²) < 4.78 is 14.1. The van der Waals surface area contributed by atoms with Crippen LogP contribution < -0.4 is 5.32 Å². The van der Waals surface area contributed by atoms with Gasteiger partial charge in [0.15, 0.2) is 0 Å². The maximum atomic E-state index is 14.1. The molecule has 3 aromatic rings. The van der Waals surface area contributed by atoms with Crippen molar-refractivity contribution in [3.8, 4) is 11.1 Å². The number of hydrogen-bond acceptors (Lipinski definition) is 3. The van der Waals surface area contributed by atoms with Crippen LogP contribution in [-0.2, 0) is 0 Å². The Morgan fingerprint density at radius 1 is 1.14 bits per heavy atom. The fourth-order valence-corrected chi connectivity index (χ4v) is 4.82. The molecule has 148 valence electrons. The molecule has 0 radical (unpaired) electrons. The number of benzene rings is 3. The summed E-state index contributed by atoms with van der Waals surface area (Å²) >= 11 is 0. The van der Waals surface area contributed by atoms with Gasteiger partial charge in [-0.2, -0.15) is 0 Å². The molecular formula is C24H23FN2O2. The summed E-state index contributed by atoms with van der Waals surface area (Å²) in [5.74, 6) is 0.0677. The van der Waals surface area contributed by atoms with Gasteiger partial charge in [-0.1, -0.05) is 36.4 Å². The van der Waals surface area contributed by atoms with Crippen LogP contribution in [0.25, 0.3) is 21.9 Å². The number of halogens is 1. The third-order valence-electron chi connectivity index (χ3n) is 6.55. The first-order valence-electron chi connectivity index (χ1n) is 9.99. The van der Waals surface area contributed by atoms with Gasteiger partial charge in [-0.3, -0.25) is 4.79 Å². The Hall–Kier alpha value is -2.76. The first kappa shape index (κ1) is 18.3. The summed E-state index contributed by atoms with van der Waals surface area (Å²) in [5, 5.41) is 15.1. The van der Waals surface area contributed by atoms with Gasteiger partial charge >= 0.3 is 0 Å². The van der Waals surface area contributed by atoms with E-state index in [2.05, 4.69) is 5.32 Å². The van der Waals surface area contributed by atoms with Crippen molar-refractivity contribution in [3.05, 3.63) is 72.0 Å². The quantitative estimate of drug-likeness (QED) is 0.722. The SMILES string of the molecule is O=C(c1ccc2cc(-c3ccccc3F)ccc2c1)N1C[C@@H]2CNC[C@]2(CO)C1. The normalized spacial score (nSPS) is 23.5. The highest BCUT2D eigenvalue weighted by Gasteiger charge is 2.50. The van der Waals surface area contributed by atoms with Crippen molar-refractivity contribution in [3.63, 3.8) is 0 Å². The second-order valence-corrected chi connectivity index (χ2v) is 8.29. The van der Waals surface area contributed by atoms with E-state index in [1.165, 1.54) is 6.07 Å². The molecule has 2 atom stereocenters. The predicted molar refractivity (Wildman–Crippen MR) is 111 cm³/mol. The molecule has 29 heavy (non-hydrogen) atoms. The van der Waals surface area contributed by atoms with Gasteiger partial charge < -0.3 is 15.3 Å². The number of rotatable bonds is 3. The smallest absolute Gasteiger partial charge is 0.253 e. The zero-order valence-corrected chi connectivity index (χ0v) is 16.1. The topological polar surface area (TPSA) is 52.6 Å². The van der Waals surface area contributed by atoms with E-state index >= 15 is 0 Å². The third-order valence-corrected chi connectivity index (χ3v) is 6.55. The van der Waals surface area contributed by atoms with Crippen LogP contribution in [0.4, 0.5) is 4.39 Å². The molecule has 2 fully saturated rings. The van der Waals surface area contributed by atoms with Crippen LogP contribution in [0.15, 0.2) is 60.7 Å². The first-order valence-corrected chi connectivity index (χ1v) is 9.99. The number of hydrogen-bond donors (Lipinski definition) is 2. The van der Waals surface area contributed by atoms with Crippen LogP contribution >= 0.6 is 0 Å². The Morgan fingerprint density at radius 2 is 1.93 bits per heavy atom. The lowest BCUT2D eigenvalue weighted by Crippen LogP contribution is -2.37. The zero-order chi connectivity index (χ0) is 20.0. The van der Waals surface area contributed by atoms with E-state index in [4.69, 9.17) is 0 Å². The van der Waals surface area contributed by atoms with Crippen LogP contribution in [0, 0.1) is 17.2 Å². The maximum Gasteiger partial charge on any atom is 0.253 e. The number of fused-ring (bicyclic) bond motifs is 2. The lowest BCUT2D eigenvalue weighted by Gasteiger charge is -2.25. The van der Waals surface area contributed by atoms with E-state index in [1.807, 2.05) is 47.4 Å². The molecule has 3 aromatic carbocycles. The van der Waals surface area contributed by atoms with E-state index in [0.29, 0.717) is 30.1 Å². The minimum absolute atomic E-state index is 0.00676. The molecule has 0 bridgehead atoms. The van der Waals surface area contributed by atoms with Crippen molar-refractivity contribution in [2.75, 3.05) is 32.8 Å². The van der Waals surface area contributed by atoms with Crippen molar-refractivity contribution >= 4 is 16.7 Å². The number of carbonyl (C=O) groups is 1. The second-order valence-electron chi connectivity index (χ2n) is 8.29. The van der Waals surface area contributed by atoms with Crippen LogP contribution in [0.5, 0.6) is 0 Å². The van der Waals surface area contributed by atoms with Crippen molar-refractivity contribution in [1.82, 2.24) is 10.2 Å². The minimum atomic E-state index is -0.245. The lowest BCUT2D eigenvalue weighted by molar-refractivity contribution is 0.0745. The number of carbonyl (C=O) groups excluding carboxylic acids is 1. The average Bonchev–Trinajstić information content (AvgIpc) is 3.31. The van der Waals surface area contributed by atoms with Gasteiger partial charge in [0, 0.05) is 42.7 Å². The molecule has 0 spiro atoms. The number of amides is 1. The Bertz CT molecular complexity index is 1100. The van der Waals surface area contributed by atoms with E-state index in [0.717, 1.165) is 29.4 Å². The summed E-state index contributed by atoms with van der Waals surface area (Å²) in [5.41, 5.74) is 1.83. The third kappa shape index (κ3) is 3.02. The van der Waals surface area contributed by atoms with Crippen molar-refractivity contribution in [2.45, 2.75) is 0 Å². The predicted octanol–water partition coefficient (Wildman–Crippen LogP) is 3.30. The van der Waals surface area contributed by atoms with Gasteiger partial charge in [0.1, 0.15) is 5.82 Å². The molecule has 2 aliphatic rings. The van der Waals surface area contributed by atoms with Crippen molar-refractivity contribution in [1.29, 1.82) is 0 Å². The highest BCUT2D eigenvalue weighted by molar-refractivity contribution is 5.99. The molecule has 0 unspecified atom stereocenters. The van der Waals surface area contributed by atoms with Gasteiger partial charge in [-0.15, -0.1) is 0 Å². The fraction of sp³-hybridized carbons (Fsp3) is 0.292. The number of nitrogens with one attached hydrogen (secondary N) is 1. The van der Waals surface area contributed by atoms with E-state index in [9.17, 15) is 14.3 Å².